The van der Waals surface area contributed by atoms with Gasteiger partial charge < -0.3 is 14.4 Å². The molecule has 2 aromatic carbocycles. The van der Waals surface area contributed by atoms with Gasteiger partial charge in [-0.3, -0.25) is 0 Å². The molecule has 2 saturated heterocycles. The zero-order valence-corrected chi connectivity index (χ0v) is 28.4. The van der Waals surface area contributed by atoms with Gasteiger partial charge in [-0.05, 0) is 99.8 Å². The highest BCUT2D eigenvalue weighted by atomic mass is 35.7. The fourth-order valence-electron chi connectivity index (χ4n) is 5.24. The van der Waals surface area contributed by atoms with Gasteiger partial charge in [0.2, 0.25) is 10.0 Å². The van der Waals surface area contributed by atoms with Gasteiger partial charge in [-0.2, -0.15) is 4.31 Å². The molecule has 16 heteroatoms. The van der Waals surface area contributed by atoms with Gasteiger partial charge in [0.15, 0.2) is 0 Å². The first-order valence-electron chi connectivity index (χ1n) is 14.3. The Labute approximate surface area is 278 Å². The molecule has 6 rings (SSSR count). The summed E-state index contributed by atoms with van der Waals surface area (Å²) < 4.78 is 82.4. The van der Waals surface area contributed by atoms with Gasteiger partial charge in [0.1, 0.15) is 45.3 Å². The second kappa shape index (κ2) is 16.8. The number of hydrogen-bond donors (Lipinski definition) is 1. The van der Waals surface area contributed by atoms with Crippen LogP contribution < -0.4 is 5.32 Å². The van der Waals surface area contributed by atoms with Crippen LogP contribution in [0.4, 0.5) is 8.78 Å². The maximum Gasteiger partial charge on any atom is 0.266 e. The van der Waals surface area contributed by atoms with E-state index in [1.54, 1.807) is 31.2 Å². The Morgan fingerprint density at radius 3 is 1.52 bits per heavy atom. The van der Waals surface area contributed by atoms with E-state index in [0.29, 0.717) is 24.7 Å². The second-order valence-corrected chi connectivity index (χ2v) is 15.2. The molecule has 2 aliphatic rings. The van der Waals surface area contributed by atoms with Crippen molar-refractivity contribution >= 4 is 42.2 Å². The minimum absolute atomic E-state index is 0. The lowest BCUT2D eigenvalue weighted by molar-refractivity contribution is 0.319. The summed E-state index contributed by atoms with van der Waals surface area (Å²) in [6, 6.07) is 13.4. The minimum atomic E-state index is -3.67. The summed E-state index contributed by atoms with van der Waals surface area (Å²) in [7, 11) is -2.24. The van der Waals surface area contributed by atoms with E-state index < -0.39 is 19.1 Å². The van der Waals surface area contributed by atoms with Crippen molar-refractivity contribution < 1.29 is 34.7 Å². The monoisotopic (exact) mass is 720 g/mol. The van der Waals surface area contributed by atoms with E-state index in [1.165, 1.54) is 48.0 Å². The van der Waals surface area contributed by atoms with Gasteiger partial charge in [-0.1, -0.05) is 34.6 Å². The lowest BCUT2D eigenvalue weighted by atomic mass is 9.90. The molecule has 252 valence electrons. The van der Waals surface area contributed by atoms with Crippen LogP contribution in [0.5, 0.6) is 0 Å². The molecule has 4 aromatic rings. The first kappa shape index (κ1) is 37.6. The molecule has 0 spiro atoms. The van der Waals surface area contributed by atoms with E-state index in [9.17, 15) is 25.6 Å². The molecule has 2 fully saturated rings. The highest BCUT2D eigenvalue weighted by Gasteiger charge is 2.32. The van der Waals surface area contributed by atoms with Gasteiger partial charge >= 0.3 is 0 Å². The normalized spacial score (nSPS) is 16.4. The predicted molar refractivity (Wildman–Crippen MR) is 171 cm³/mol. The first-order chi connectivity index (χ1) is 21.4. The number of hydrogen-bond acceptors (Lipinski definition) is 9. The van der Waals surface area contributed by atoms with Crippen LogP contribution in [0.2, 0.25) is 0 Å². The van der Waals surface area contributed by atoms with Crippen molar-refractivity contribution in [3.05, 3.63) is 95.2 Å². The molecule has 0 atom stereocenters. The van der Waals surface area contributed by atoms with Crippen molar-refractivity contribution in [1.29, 1.82) is 0 Å². The van der Waals surface area contributed by atoms with Crippen LogP contribution >= 0.6 is 23.1 Å². The molecule has 0 bridgehead atoms. The summed E-state index contributed by atoms with van der Waals surface area (Å²) in [5.74, 6) is 0.488. The molecule has 10 nitrogen and oxygen atoms in total. The third-order valence-electron chi connectivity index (χ3n) is 7.77. The molecule has 46 heavy (non-hydrogen) atoms. The lowest BCUT2D eigenvalue weighted by Crippen LogP contribution is -2.38. The maximum atomic E-state index is 13.0. The number of nitrogens with one attached hydrogen (secondary N) is 1. The van der Waals surface area contributed by atoms with Gasteiger partial charge in [0, 0.05) is 23.8 Å². The quantitative estimate of drug-likeness (QED) is 0.235. The summed E-state index contributed by atoms with van der Waals surface area (Å²) in [5, 5.41) is 10.3. The lowest BCUT2D eigenvalue weighted by Gasteiger charge is -2.31. The molecular formula is C30H36Cl2F2N4O6S2. The third-order valence-corrected chi connectivity index (χ3v) is 11.2. The average molecular weight is 722 g/mol. The Bertz CT molecular complexity index is 1740. The Morgan fingerprint density at radius 1 is 0.739 bits per heavy atom. The van der Waals surface area contributed by atoms with Crippen molar-refractivity contribution in [3.8, 4) is 0 Å². The number of aryl methyl sites for hydroxylation is 2. The SMILES string of the molecule is Cc1nocc1S(=O)(=O)Cl.Cc1nocc1S(=O)(=O)N1CCC(c2ccc(F)cc2)CC1.Cl.Fc1ccc(C2CCNCC2)cc1. The topological polar surface area (TPSA) is 136 Å². The van der Waals surface area contributed by atoms with Crippen LogP contribution in [0, 0.1) is 25.5 Å². The standard InChI is InChI=1S/C15H17FN2O3S.C11H14FN.C4H4ClNO3S.ClH/c1-11-15(10-21-17-11)22(19,20)18-8-6-13(7-9-18)12-2-4-14(16)5-3-12;12-11-3-1-9(2-4-11)10-5-7-13-8-6-10;1-3-4(2-9-6-3)10(5,7)8;/h2-5,10,13H,6-9H2,1H3;1-4,10,13H,5-8H2;2H,1H3;1H. The molecule has 1 N–H and O–H groups in total. The van der Waals surface area contributed by atoms with Crippen LogP contribution in [0.25, 0.3) is 0 Å². The van der Waals surface area contributed by atoms with E-state index in [4.69, 9.17) is 15.2 Å². The van der Waals surface area contributed by atoms with Crippen LogP contribution in [-0.4, -0.2) is 57.6 Å². The predicted octanol–water partition coefficient (Wildman–Crippen LogP) is 6.32. The average Bonchev–Trinajstić information content (AvgIpc) is 3.67. The number of benzene rings is 2. The van der Waals surface area contributed by atoms with Gasteiger partial charge in [-0.15, -0.1) is 12.4 Å². The van der Waals surface area contributed by atoms with Crippen LogP contribution in [0.3, 0.4) is 0 Å². The smallest absolute Gasteiger partial charge is 0.266 e. The highest BCUT2D eigenvalue weighted by Crippen LogP contribution is 2.31. The Balaban J connectivity index is 0.000000204. The van der Waals surface area contributed by atoms with Crippen LogP contribution in [0.1, 0.15) is 60.0 Å². The number of rotatable bonds is 5. The van der Waals surface area contributed by atoms with Crippen LogP contribution in [0.15, 0.2) is 79.9 Å². The van der Waals surface area contributed by atoms with Gasteiger partial charge in [-0.25, -0.2) is 25.6 Å². The number of sulfonamides is 1. The molecule has 2 aromatic heterocycles. The molecule has 0 aliphatic carbocycles. The zero-order valence-electron chi connectivity index (χ0n) is 25.2. The number of aromatic nitrogens is 2. The molecule has 0 amide bonds. The highest BCUT2D eigenvalue weighted by molar-refractivity contribution is 8.13. The van der Waals surface area contributed by atoms with Gasteiger partial charge in [0.25, 0.3) is 9.05 Å². The summed E-state index contributed by atoms with van der Waals surface area (Å²) in [4.78, 5) is 0.0573. The van der Waals surface area contributed by atoms with Crippen molar-refractivity contribution in [3.63, 3.8) is 0 Å². The Kier molecular flexibility index (Phi) is 13.7. The molecule has 0 radical (unpaired) electrons. The van der Waals surface area contributed by atoms with E-state index in [0.717, 1.165) is 37.8 Å². The zero-order chi connectivity index (χ0) is 32.6. The molecule has 0 unspecified atom stereocenters. The summed E-state index contributed by atoms with van der Waals surface area (Å²) in [6.45, 7) is 6.16. The minimum Gasteiger partial charge on any atom is -0.363 e. The third kappa shape index (κ3) is 10.1. The molecule has 0 saturated carbocycles. The van der Waals surface area contributed by atoms with Crippen molar-refractivity contribution in [1.82, 2.24) is 19.9 Å². The maximum absolute atomic E-state index is 13.0. The number of piperidine rings is 2. The summed E-state index contributed by atoms with van der Waals surface area (Å²) in [6.07, 6.45) is 5.95. The summed E-state index contributed by atoms with van der Waals surface area (Å²) >= 11 is 0. The summed E-state index contributed by atoms with van der Waals surface area (Å²) in [5.41, 5.74) is 2.98. The fourth-order valence-corrected chi connectivity index (χ4v) is 7.78. The van der Waals surface area contributed by atoms with E-state index in [-0.39, 0.29) is 45.4 Å². The van der Waals surface area contributed by atoms with Crippen molar-refractivity contribution in [2.75, 3.05) is 26.2 Å². The van der Waals surface area contributed by atoms with Crippen molar-refractivity contribution in [2.24, 2.45) is 0 Å². The number of nitrogens with zero attached hydrogens (tertiary/aromatic N) is 3. The van der Waals surface area contributed by atoms with E-state index >= 15 is 0 Å². The van der Waals surface area contributed by atoms with Crippen LogP contribution in [-0.2, 0) is 19.1 Å². The number of halogens is 4. The van der Waals surface area contributed by atoms with Gasteiger partial charge in [0.05, 0.1) is 0 Å². The van der Waals surface area contributed by atoms with E-state index in [1.807, 2.05) is 12.1 Å². The second-order valence-electron chi connectivity index (χ2n) is 10.8. The first-order valence-corrected chi connectivity index (χ1v) is 18.1. The molecule has 2 aliphatic heterocycles. The molecule has 4 heterocycles. The van der Waals surface area contributed by atoms with Crippen molar-refractivity contribution in [2.45, 2.75) is 61.2 Å². The Hall–Kier alpha value is -2.88. The fraction of sp³-hybridized carbons (Fsp3) is 0.400. The molecular weight excluding hydrogens is 685 g/mol. The largest absolute Gasteiger partial charge is 0.363 e. The van der Waals surface area contributed by atoms with E-state index in [2.05, 4.69) is 20.2 Å². The Morgan fingerprint density at radius 2 is 1.15 bits per heavy atom.